The largest absolute Gasteiger partial charge is 0.493 e. The summed E-state index contributed by atoms with van der Waals surface area (Å²) < 4.78 is 14.2. The van der Waals surface area contributed by atoms with Crippen LogP contribution in [0.1, 0.15) is 50.4 Å². The van der Waals surface area contributed by atoms with Gasteiger partial charge in [0.1, 0.15) is 11.3 Å². The number of furan rings is 1. The molecule has 0 saturated heterocycles. The molecule has 1 N–H and O–H groups in total. The lowest BCUT2D eigenvalue weighted by Crippen LogP contribution is -2.11. The number of carbonyl (C=O) groups is 1. The predicted molar refractivity (Wildman–Crippen MR) is 147 cm³/mol. The number of benzene rings is 2. The maximum atomic E-state index is 11.6. The second-order valence-electron chi connectivity index (χ2n) is 11.1. The van der Waals surface area contributed by atoms with Crippen molar-refractivity contribution in [2.45, 2.75) is 52.0 Å². The molecule has 2 aromatic carbocycles. The van der Waals surface area contributed by atoms with Gasteiger partial charge in [-0.1, -0.05) is 26.8 Å². The molecule has 7 heteroatoms. The van der Waals surface area contributed by atoms with Crippen LogP contribution in [-0.4, -0.2) is 27.2 Å². The van der Waals surface area contributed by atoms with Crippen LogP contribution >= 0.6 is 11.3 Å². The van der Waals surface area contributed by atoms with E-state index in [1.807, 2.05) is 30.5 Å². The van der Waals surface area contributed by atoms with Crippen LogP contribution in [0.2, 0.25) is 0 Å². The standard InChI is InChI=1S/C30H30N2O4S/c1-30(2,3)27-17-37-29(31-27)26-11-20-10-19(6-9-25(20)36-26)14-32-15-21(12-28(33)34)23-13-22(7-8-24(23)32)35-16-18-4-5-18/h6-11,13,15,17-18H,4-5,12,14,16H2,1-3H3,(H,33,34). The number of thiazole rings is 1. The lowest BCUT2D eigenvalue weighted by molar-refractivity contribution is -0.136. The number of carboxylic acid groups (broad SMARTS) is 1. The minimum atomic E-state index is -0.840. The summed E-state index contributed by atoms with van der Waals surface area (Å²) in [5, 5.41) is 14.4. The van der Waals surface area contributed by atoms with Crippen molar-refractivity contribution in [3.05, 3.63) is 70.9 Å². The van der Waals surface area contributed by atoms with Crippen molar-refractivity contribution in [3.8, 4) is 16.5 Å². The number of rotatable bonds is 8. The number of nitrogens with zero attached hydrogens (tertiary/aromatic N) is 2. The van der Waals surface area contributed by atoms with Gasteiger partial charge in [-0.25, -0.2) is 4.98 Å². The number of hydrogen-bond acceptors (Lipinski definition) is 5. The van der Waals surface area contributed by atoms with E-state index in [1.165, 1.54) is 12.8 Å². The predicted octanol–water partition coefficient (Wildman–Crippen LogP) is 7.27. The van der Waals surface area contributed by atoms with E-state index >= 15 is 0 Å². The Balaban J connectivity index is 1.29. The Hall–Kier alpha value is -3.58. The van der Waals surface area contributed by atoms with E-state index in [1.54, 1.807) is 11.3 Å². The van der Waals surface area contributed by atoms with Crippen LogP contribution < -0.4 is 4.74 Å². The molecule has 0 bridgehead atoms. The van der Waals surface area contributed by atoms with Crippen molar-refractivity contribution in [1.29, 1.82) is 0 Å². The van der Waals surface area contributed by atoms with Crippen LogP contribution in [0.3, 0.4) is 0 Å². The molecule has 0 radical (unpaired) electrons. The highest BCUT2D eigenvalue weighted by atomic mass is 32.1. The average Bonchev–Trinajstić information content (AvgIpc) is 3.23. The molecular weight excluding hydrogens is 484 g/mol. The average molecular weight is 515 g/mol. The summed E-state index contributed by atoms with van der Waals surface area (Å²) in [5.41, 5.74) is 4.79. The Bertz CT molecular complexity index is 1610. The number of aliphatic carboxylic acids is 1. The second kappa shape index (κ2) is 9.06. The summed E-state index contributed by atoms with van der Waals surface area (Å²) in [4.78, 5) is 16.3. The monoisotopic (exact) mass is 514 g/mol. The van der Waals surface area contributed by atoms with Gasteiger partial charge in [0.15, 0.2) is 10.8 Å². The first-order chi connectivity index (χ1) is 17.7. The third-order valence-electron chi connectivity index (χ3n) is 6.88. The molecule has 190 valence electrons. The number of hydrogen-bond donors (Lipinski definition) is 1. The van der Waals surface area contributed by atoms with E-state index in [-0.39, 0.29) is 11.8 Å². The maximum Gasteiger partial charge on any atom is 0.307 e. The molecule has 0 amide bonds. The molecule has 1 aliphatic rings. The van der Waals surface area contributed by atoms with Gasteiger partial charge >= 0.3 is 5.97 Å². The summed E-state index contributed by atoms with van der Waals surface area (Å²) in [7, 11) is 0. The Morgan fingerprint density at radius 2 is 2.03 bits per heavy atom. The van der Waals surface area contributed by atoms with Gasteiger partial charge in [0, 0.05) is 39.8 Å². The lowest BCUT2D eigenvalue weighted by Gasteiger charge is -2.13. The fourth-order valence-electron chi connectivity index (χ4n) is 4.60. The molecule has 0 atom stereocenters. The van der Waals surface area contributed by atoms with Crippen LogP contribution in [0.5, 0.6) is 5.75 Å². The molecule has 3 heterocycles. The van der Waals surface area contributed by atoms with Crippen molar-refractivity contribution in [2.24, 2.45) is 5.92 Å². The fourth-order valence-corrected chi connectivity index (χ4v) is 5.59. The molecule has 6 rings (SSSR count). The summed E-state index contributed by atoms with van der Waals surface area (Å²) >= 11 is 1.60. The number of carboxylic acids is 1. The van der Waals surface area contributed by atoms with Gasteiger partial charge in [0.2, 0.25) is 0 Å². The lowest BCUT2D eigenvalue weighted by atomic mass is 9.93. The summed E-state index contributed by atoms with van der Waals surface area (Å²) in [6.45, 7) is 7.83. The highest BCUT2D eigenvalue weighted by Crippen LogP contribution is 2.35. The molecule has 6 nitrogen and oxygen atoms in total. The molecule has 0 spiro atoms. The third kappa shape index (κ3) is 5.01. The number of ether oxygens (including phenoxy) is 1. The van der Waals surface area contributed by atoms with Gasteiger partial charge in [0.05, 0.1) is 18.7 Å². The number of fused-ring (bicyclic) bond motifs is 2. The topological polar surface area (TPSA) is 77.5 Å². The normalized spacial score (nSPS) is 14.0. The van der Waals surface area contributed by atoms with Crippen LogP contribution in [0.4, 0.5) is 0 Å². The van der Waals surface area contributed by atoms with Crippen LogP contribution in [0.25, 0.3) is 32.6 Å². The molecule has 3 aromatic heterocycles. The summed E-state index contributed by atoms with van der Waals surface area (Å²) in [5.74, 6) is 1.40. The highest BCUT2D eigenvalue weighted by Gasteiger charge is 2.22. The van der Waals surface area contributed by atoms with E-state index in [2.05, 4.69) is 48.9 Å². The molecule has 5 aromatic rings. The van der Waals surface area contributed by atoms with Crippen LogP contribution in [0.15, 0.2) is 58.5 Å². The van der Waals surface area contributed by atoms with Gasteiger partial charge in [-0.05, 0) is 66.3 Å². The van der Waals surface area contributed by atoms with E-state index in [0.717, 1.165) is 61.8 Å². The third-order valence-corrected chi connectivity index (χ3v) is 7.73. The Kier molecular flexibility index (Phi) is 5.83. The van der Waals surface area contributed by atoms with Gasteiger partial charge in [-0.3, -0.25) is 4.79 Å². The summed E-state index contributed by atoms with van der Waals surface area (Å²) in [6.07, 6.45) is 4.39. The fraction of sp³-hybridized carbons (Fsp3) is 0.333. The van der Waals surface area contributed by atoms with Gasteiger partial charge in [0.25, 0.3) is 0 Å². The Labute approximate surface area is 219 Å². The van der Waals surface area contributed by atoms with E-state index in [0.29, 0.717) is 12.5 Å². The minimum absolute atomic E-state index is 0.00291. The number of aromatic nitrogens is 2. The van der Waals surface area contributed by atoms with Gasteiger partial charge in [-0.15, -0.1) is 11.3 Å². The van der Waals surface area contributed by atoms with E-state index in [4.69, 9.17) is 14.1 Å². The van der Waals surface area contributed by atoms with Crippen molar-refractivity contribution in [1.82, 2.24) is 9.55 Å². The quantitative estimate of drug-likeness (QED) is 0.236. The summed E-state index contributed by atoms with van der Waals surface area (Å²) in [6, 6.07) is 14.3. The van der Waals surface area contributed by atoms with Crippen LogP contribution in [0, 0.1) is 5.92 Å². The molecule has 1 aliphatic carbocycles. The van der Waals surface area contributed by atoms with Crippen LogP contribution in [-0.2, 0) is 23.2 Å². The first-order valence-corrected chi connectivity index (χ1v) is 13.6. The highest BCUT2D eigenvalue weighted by molar-refractivity contribution is 7.13. The van der Waals surface area contributed by atoms with Crippen molar-refractivity contribution in [2.75, 3.05) is 6.61 Å². The molecular formula is C30H30N2O4S. The first kappa shape index (κ1) is 23.8. The van der Waals surface area contributed by atoms with Crippen molar-refractivity contribution >= 4 is 39.2 Å². The zero-order chi connectivity index (χ0) is 25.7. The van der Waals surface area contributed by atoms with Crippen molar-refractivity contribution < 1.29 is 19.1 Å². The molecule has 0 unspecified atom stereocenters. The minimum Gasteiger partial charge on any atom is -0.493 e. The molecule has 1 saturated carbocycles. The Morgan fingerprint density at radius 1 is 1.19 bits per heavy atom. The van der Waals surface area contributed by atoms with Gasteiger partial charge in [-0.2, -0.15) is 0 Å². The maximum absolute atomic E-state index is 11.6. The first-order valence-electron chi connectivity index (χ1n) is 12.7. The van der Waals surface area contributed by atoms with Gasteiger partial charge < -0.3 is 18.8 Å². The zero-order valence-corrected chi connectivity index (χ0v) is 22.1. The van der Waals surface area contributed by atoms with E-state index < -0.39 is 5.97 Å². The van der Waals surface area contributed by atoms with Crippen molar-refractivity contribution in [3.63, 3.8) is 0 Å². The SMILES string of the molecule is CC(C)(C)c1csc(-c2cc3cc(Cn4cc(CC(=O)O)c5cc(OCC6CC6)ccc54)ccc3o2)n1. The molecule has 37 heavy (non-hydrogen) atoms. The smallest absolute Gasteiger partial charge is 0.307 e. The zero-order valence-electron chi connectivity index (χ0n) is 21.3. The Morgan fingerprint density at radius 3 is 2.76 bits per heavy atom. The molecule has 0 aliphatic heterocycles. The van der Waals surface area contributed by atoms with E-state index in [9.17, 15) is 9.90 Å². The second-order valence-corrected chi connectivity index (χ2v) is 11.9. The molecule has 1 fully saturated rings.